The number of rotatable bonds is 54. The van der Waals surface area contributed by atoms with Gasteiger partial charge in [-0.15, -0.1) is 0 Å². The third kappa shape index (κ3) is 38.2. The Morgan fingerprint density at radius 3 is 0.610 bits per heavy atom. The van der Waals surface area contributed by atoms with Crippen molar-refractivity contribution >= 4 is 80.7 Å². The smallest absolute Gasteiger partial charge is 0.267 e. The Balaban J connectivity index is 0.000000404. The van der Waals surface area contributed by atoms with E-state index in [1.54, 1.807) is 99.2 Å². The quantitative estimate of drug-likeness (QED) is 0.0253. The van der Waals surface area contributed by atoms with Crippen molar-refractivity contribution in [3.05, 3.63) is 212 Å². The third-order valence-electron chi connectivity index (χ3n) is 21.3. The zero-order chi connectivity index (χ0) is 97.6. The van der Waals surface area contributed by atoms with E-state index in [1.165, 1.54) is 25.7 Å². The van der Waals surface area contributed by atoms with Crippen LogP contribution in [0, 0.1) is 11.8 Å². The summed E-state index contributed by atoms with van der Waals surface area (Å²) in [5.41, 5.74) is 12.2. The van der Waals surface area contributed by atoms with Crippen LogP contribution in [0.5, 0.6) is 103 Å². The number of phosphoric acid groups is 1. The third-order valence-corrected chi connectivity index (χ3v) is 22.5. The molecule has 136 heavy (non-hydrogen) atoms. The largest absolute Gasteiger partial charge is 0.756 e. The molecule has 9 aromatic carbocycles. The highest BCUT2D eigenvalue weighted by Gasteiger charge is 2.23. The van der Waals surface area contributed by atoms with E-state index in [2.05, 4.69) is 186 Å². The summed E-state index contributed by atoms with van der Waals surface area (Å²) in [4.78, 5) is 10.4. The second-order valence-corrected chi connectivity index (χ2v) is 32.6. The van der Waals surface area contributed by atoms with E-state index in [0.717, 1.165) is 118 Å². The van der Waals surface area contributed by atoms with Crippen LogP contribution in [-0.4, -0.2) is 149 Å². The van der Waals surface area contributed by atoms with Gasteiger partial charge in [-0.3, -0.25) is 4.57 Å². The Labute approximate surface area is 809 Å². The van der Waals surface area contributed by atoms with Crippen LogP contribution >= 0.6 is 7.82 Å². The molecule has 9 rings (SSSR count). The van der Waals surface area contributed by atoms with Crippen molar-refractivity contribution in [1.29, 1.82) is 0 Å². The molecule has 0 spiro atoms. The molecular formula is C111H150O24P-. The number of methoxy groups -OCH3 is 12. The molecule has 0 heterocycles. The van der Waals surface area contributed by atoms with Gasteiger partial charge in [0.1, 0.15) is 0 Å². The molecule has 744 valence electrons. The molecule has 0 fully saturated rings. The summed E-state index contributed by atoms with van der Waals surface area (Å²) in [5, 5.41) is 0. The highest BCUT2D eigenvalue weighted by atomic mass is 31.2. The van der Waals surface area contributed by atoms with Crippen molar-refractivity contribution in [3.63, 3.8) is 0 Å². The topological polar surface area (TPSA) is 288 Å². The van der Waals surface area contributed by atoms with E-state index in [4.69, 9.17) is 85.3 Å². The average Bonchev–Trinajstić information content (AvgIpc) is 0.842. The Kier molecular flexibility index (Phi) is 55.3. The number of unbranched alkanes of at least 4 members (excludes halogenated alkanes) is 2. The van der Waals surface area contributed by atoms with Crippen molar-refractivity contribution in [2.45, 2.75) is 159 Å². The first kappa shape index (κ1) is 116. The maximum Gasteiger partial charge on any atom is 0.267 e. The van der Waals surface area contributed by atoms with E-state index in [-0.39, 0.29) is 30.3 Å². The highest BCUT2D eigenvalue weighted by Crippen LogP contribution is 2.46. The monoisotopic (exact) mass is 1900 g/mol. The fraction of sp³-hybridized carbons (Fsp3) is 0.405. The van der Waals surface area contributed by atoms with Gasteiger partial charge in [0.15, 0.2) is 69.0 Å². The van der Waals surface area contributed by atoms with Crippen LogP contribution in [0.2, 0.25) is 0 Å². The molecule has 25 heteroatoms. The predicted molar refractivity (Wildman–Crippen MR) is 554 cm³/mol. The molecule has 0 amide bonds. The van der Waals surface area contributed by atoms with Gasteiger partial charge in [-0.25, -0.2) is 0 Å². The van der Waals surface area contributed by atoms with Gasteiger partial charge in [0.2, 0.25) is 34.5 Å². The second-order valence-electron chi connectivity index (χ2n) is 31.1. The average molecular weight is 1900 g/mol. The summed E-state index contributed by atoms with van der Waals surface area (Å²) in [6.07, 6.45) is 37.6. The summed E-state index contributed by atoms with van der Waals surface area (Å²) in [5.74, 6) is 12.7. The van der Waals surface area contributed by atoms with Crippen LogP contribution < -0.4 is 90.2 Å². The van der Waals surface area contributed by atoms with Gasteiger partial charge in [0.05, 0.1) is 138 Å². The van der Waals surface area contributed by atoms with Gasteiger partial charge >= 0.3 is 0 Å². The number of phosphoric ester groups is 1. The molecular weight excluding hydrogens is 1750 g/mol. The number of ether oxygens (including phenoxy) is 18. The molecule has 0 bridgehead atoms. The molecule has 3 unspecified atom stereocenters. The molecule has 0 saturated carbocycles. The molecule has 0 aromatic heterocycles. The van der Waals surface area contributed by atoms with Crippen LogP contribution in [0.15, 0.2) is 146 Å². The van der Waals surface area contributed by atoms with E-state index in [0.29, 0.717) is 148 Å². The standard InChI is InChI=1S/C38H50O6.C37H48O6.C32H38O6.C4H11O4P.2H2O/c1-9-12-13-28(11-3)26-43-37-33(39-5)22-31(23-34(37)40-6)20-18-29-14-16-30(17-15-29)19-21-32-24-35(41-7)38(36(25-32)42-8)44-27(4)10-2;1-8-11-12-27(10-3)26-43-37-34(40-6)24-31(25-35(37)41-7)20-18-29-15-13-28(14-16-29)17-19-30-22-32(38-4)36(42-21-9-2)33(23-30)39-5;1-7-17-37-31-27(33-3)19-25(20-28(31)34-4)15-13-23-9-11-24(12-10-23)14-16-26-21-29(35-5)32(38-18-8-2)30(22-26)36-6;1-3-7-9(5,6)8-4-2;;/h14-25,27-28H,9-13,26H2,1-8H3;13-20,22-25,27H,8-12,21,26H2,1-7H3;9-16,19-22H,7-8,17-18H2,1-6H3;3-4H2,1-2H3,(H,5,6);2*1H2/p-1/b20-18+,21-19+;19-17+,20-18+;15-13+,16-14+;;;. The number of benzene rings is 9. The van der Waals surface area contributed by atoms with Crippen LogP contribution in [0.25, 0.3) is 72.9 Å². The predicted octanol–water partition coefficient (Wildman–Crippen LogP) is 25.8. The summed E-state index contributed by atoms with van der Waals surface area (Å²) >= 11 is 0. The first-order chi connectivity index (χ1) is 65.1. The first-order valence-electron chi connectivity index (χ1n) is 46.4. The first-order valence-corrected chi connectivity index (χ1v) is 47.9. The normalized spacial score (nSPS) is 11.8. The van der Waals surface area contributed by atoms with Crippen molar-refractivity contribution in [1.82, 2.24) is 0 Å². The summed E-state index contributed by atoms with van der Waals surface area (Å²) in [6.45, 7) is 25.7. The van der Waals surface area contributed by atoms with Crippen molar-refractivity contribution in [2.75, 3.05) is 132 Å². The Morgan fingerprint density at radius 2 is 0.449 bits per heavy atom. The Morgan fingerprint density at radius 1 is 0.265 bits per heavy atom. The summed E-state index contributed by atoms with van der Waals surface area (Å²) in [6, 6.07) is 48.6. The summed E-state index contributed by atoms with van der Waals surface area (Å²) < 4.78 is 122. The van der Waals surface area contributed by atoms with Crippen LogP contribution in [-0.2, 0) is 13.6 Å². The SMILES string of the molecule is CCCCC(CC)COc1c(OC)cc(/C=C/c2ccc(/C=C/c3cc(OC)c(OC(C)CC)c(OC)c3)cc2)cc1OC.CCCCC(CC)COc1c(OC)cc(/C=C/c2ccc(/C=C/c3cc(OC)c(OCCC)c(OC)c3)cc2)cc1OC.CCCOc1c(OC)cc(/C=C/c2ccc(/C=C/c3cc(OC)c(OCCC)c(OC)c3)cc2)cc1OC.CCOP(=O)([O-])OCC.O.O. The lowest BCUT2D eigenvalue weighted by atomic mass is 10.0. The highest BCUT2D eigenvalue weighted by molar-refractivity contribution is 7.45. The van der Waals surface area contributed by atoms with Crippen molar-refractivity contribution in [2.24, 2.45) is 11.8 Å². The van der Waals surface area contributed by atoms with E-state index < -0.39 is 7.82 Å². The van der Waals surface area contributed by atoms with Gasteiger partial charge < -0.3 is 110 Å². The minimum Gasteiger partial charge on any atom is -0.756 e. The molecule has 9 aromatic rings. The lowest BCUT2D eigenvalue weighted by Gasteiger charge is -2.20. The molecule has 24 nitrogen and oxygen atoms in total. The van der Waals surface area contributed by atoms with Gasteiger partial charge in [-0.1, -0.05) is 240 Å². The molecule has 0 aliphatic heterocycles. The Bertz CT molecular complexity index is 4910. The van der Waals surface area contributed by atoms with Gasteiger partial charge in [-0.05, 0) is 211 Å². The number of hydrogen-bond donors (Lipinski definition) is 0. The van der Waals surface area contributed by atoms with Crippen molar-refractivity contribution in [3.8, 4) is 103 Å². The number of hydrogen-bond acceptors (Lipinski definition) is 22. The molecule has 0 saturated heterocycles. The lowest BCUT2D eigenvalue weighted by Crippen LogP contribution is -2.12. The van der Waals surface area contributed by atoms with Gasteiger partial charge in [0, 0.05) is 0 Å². The molecule has 4 N–H and O–H groups in total. The van der Waals surface area contributed by atoms with Crippen LogP contribution in [0.4, 0.5) is 0 Å². The van der Waals surface area contributed by atoms with Crippen molar-refractivity contribution < 1.29 is 115 Å². The fourth-order valence-corrected chi connectivity index (χ4v) is 14.3. The second kappa shape index (κ2) is 64.7. The summed E-state index contributed by atoms with van der Waals surface area (Å²) in [7, 11) is 15.8. The van der Waals surface area contributed by atoms with Crippen LogP contribution in [0.1, 0.15) is 220 Å². The zero-order valence-corrected chi connectivity index (χ0v) is 85.3. The molecule has 0 radical (unpaired) electrons. The maximum absolute atomic E-state index is 10.4. The zero-order valence-electron chi connectivity index (χ0n) is 84.4. The molecule has 3 atom stereocenters. The lowest BCUT2D eigenvalue weighted by molar-refractivity contribution is -0.224. The van der Waals surface area contributed by atoms with E-state index in [9.17, 15) is 9.46 Å². The van der Waals surface area contributed by atoms with Gasteiger partial charge in [0.25, 0.3) is 7.82 Å². The van der Waals surface area contributed by atoms with E-state index in [1.807, 2.05) is 104 Å². The minimum atomic E-state index is -3.94. The maximum atomic E-state index is 10.4. The molecule has 0 aliphatic rings. The van der Waals surface area contributed by atoms with Crippen LogP contribution in [0.3, 0.4) is 0 Å². The minimum absolute atomic E-state index is 0. The molecule has 0 aliphatic carbocycles. The van der Waals surface area contributed by atoms with E-state index >= 15 is 0 Å². The van der Waals surface area contributed by atoms with Gasteiger partial charge in [-0.2, -0.15) is 0 Å². The Hall–Kier alpha value is -12.2. The fourth-order valence-electron chi connectivity index (χ4n) is 13.6.